The molecule has 0 atom stereocenters. The molecule has 0 aliphatic carbocycles. The Morgan fingerprint density at radius 1 is 1.31 bits per heavy atom. The van der Waals surface area contributed by atoms with E-state index in [9.17, 15) is 4.39 Å². The molecule has 2 aromatic rings. The van der Waals surface area contributed by atoms with Crippen molar-refractivity contribution in [3.8, 4) is 10.4 Å². The Morgan fingerprint density at radius 2 is 2.15 bits per heavy atom. The van der Waals surface area contributed by atoms with Crippen molar-refractivity contribution >= 4 is 11.3 Å². The van der Waals surface area contributed by atoms with Crippen molar-refractivity contribution < 1.29 is 4.39 Å². The smallest absolute Gasteiger partial charge is 0.126 e. The van der Waals surface area contributed by atoms with Crippen molar-refractivity contribution in [2.75, 3.05) is 0 Å². The summed E-state index contributed by atoms with van der Waals surface area (Å²) in [6.07, 6.45) is 0. The third-order valence-corrected chi connectivity index (χ3v) is 2.77. The average Bonchev–Trinajstić information content (AvgIpc) is 2.62. The second kappa shape index (κ2) is 3.30. The van der Waals surface area contributed by atoms with Crippen molar-refractivity contribution in [1.82, 2.24) is 0 Å². The summed E-state index contributed by atoms with van der Waals surface area (Å²) in [7, 11) is 0. The molecule has 0 fully saturated rings. The van der Waals surface area contributed by atoms with Gasteiger partial charge in [0.05, 0.1) is 0 Å². The topological polar surface area (TPSA) is 0 Å². The maximum atomic E-state index is 13.2. The summed E-state index contributed by atoms with van der Waals surface area (Å²) < 4.78 is 13.2. The predicted octanol–water partition coefficient (Wildman–Crippen LogP) is 3.66. The van der Waals surface area contributed by atoms with Gasteiger partial charge < -0.3 is 0 Å². The van der Waals surface area contributed by atoms with E-state index in [-0.39, 0.29) is 5.82 Å². The number of halogens is 1. The summed E-state index contributed by atoms with van der Waals surface area (Å²) >= 11 is 1.50. The van der Waals surface area contributed by atoms with Crippen LogP contribution in [0, 0.1) is 18.1 Å². The number of hydrogen-bond acceptors (Lipinski definition) is 1. The monoisotopic (exact) mass is 191 g/mol. The molecule has 0 saturated heterocycles. The Labute approximate surface area is 80.7 Å². The summed E-state index contributed by atoms with van der Waals surface area (Å²) in [6.45, 7) is 1.76. The minimum Gasteiger partial charge on any atom is -0.207 e. The first-order chi connectivity index (χ1) is 6.27. The standard InChI is InChI=1S/C11H8FS/c1-8-4-5-9(7-10(8)12)11-3-2-6-13-11/h2-5,7H,1H3. The summed E-state index contributed by atoms with van der Waals surface area (Å²) in [5.41, 5.74) is 1.61. The Hall–Kier alpha value is -1.15. The lowest BCUT2D eigenvalue weighted by atomic mass is 10.1. The number of benzene rings is 1. The van der Waals surface area contributed by atoms with Gasteiger partial charge in [-0.2, -0.15) is 0 Å². The highest BCUT2D eigenvalue weighted by molar-refractivity contribution is 7.13. The van der Waals surface area contributed by atoms with Gasteiger partial charge in [0.25, 0.3) is 0 Å². The Kier molecular flexibility index (Phi) is 2.15. The van der Waals surface area contributed by atoms with Crippen LogP contribution in [-0.4, -0.2) is 0 Å². The summed E-state index contributed by atoms with van der Waals surface area (Å²) in [5.74, 6) is -0.147. The van der Waals surface area contributed by atoms with E-state index < -0.39 is 0 Å². The normalized spacial score (nSPS) is 10.3. The van der Waals surface area contributed by atoms with Crippen LogP contribution in [0.25, 0.3) is 10.4 Å². The van der Waals surface area contributed by atoms with Gasteiger partial charge in [-0.15, -0.1) is 11.3 Å². The maximum absolute atomic E-state index is 13.2. The maximum Gasteiger partial charge on any atom is 0.126 e. The largest absolute Gasteiger partial charge is 0.207 e. The van der Waals surface area contributed by atoms with E-state index >= 15 is 0 Å². The Bertz CT molecular complexity index is 404. The minimum absolute atomic E-state index is 0.147. The Balaban J connectivity index is 2.49. The summed E-state index contributed by atoms with van der Waals surface area (Å²) in [6, 6.07) is 9.07. The number of thiophene rings is 1. The summed E-state index contributed by atoms with van der Waals surface area (Å²) in [5, 5.41) is 2.98. The van der Waals surface area contributed by atoms with Crippen LogP contribution >= 0.6 is 11.3 Å². The number of aryl methyl sites for hydroxylation is 1. The molecule has 1 heterocycles. The molecule has 13 heavy (non-hydrogen) atoms. The van der Waals surface area contributed by atoms with Crippen LogP contribution in [0.5, 0.6) is 0 Å². The average molecular weight is 191 g/mol. The molecule has 0 unspecified atom stereocenters. The highest BCUT2D eigenvalue weighted by Gasteiger charge is 2.01. The fraction of sp³-hybridized carbons (Fsp3) is 0.0909. The van der Waals surface area contributed by atoms with E-state index in [2.05, 4.69) is 5.38 Å². The molecule has 1 aromatic carbocycles. The van der Waals surface area contributed by atoms with Gasteiger partial charge >= 0.3 is 0 Å². The molecule has 2 heteroatoms. The SMILES string of the molecule is Cc1ccc(-c2cc[c]s2)cc1F. The molecule has 1 aromatic heterocycles. The minimum atomic E-state index is -0.147. The molecular weight excluding hydrogens is 183 g/mol. The van der Waals surface area contributed by atoms with Crippen LogP contribution < -0.4 is 0 Å². The molecular formula is C11H8FS. The van der Waals surface area contributed by atoms with Gasteiger partial charge in [0.2, 0.25) is 0 Å². The van der Waals surface area contributed by atoms with Gasteiger partial charge in [-0.05, 0) is 36.2 Å². The quantitative estimate of drug-likeness (QED) is 0.645. The van der Waals surface area contributed by atoms with Crippen LogP contribution in [0.1, 0.15) is 5.56 Å². The van der Waals surface area contributed by atoms with E-state index in [1.807, 2.05) is 18.2 Å². The molecule has 0 amide bonds. The zero-order valence-corrected chi connectivity index (χ0v) is 7.99. The van der Waals surface area contributed by atoms with Gasteiger partial charge in [-0.1, -0.05) is 12.1 Å². The molecule has 0 spiro atoms. The zero-order valence-electron chi connectivity index (χ0n) is 7.17. The van der Waals surface area contributed by atoms with E-state index in [4.69, 9.17) is 0 Å². The zero-order chi connectivity index (χ0) is 9.26. The number of hydrogen-bond donors (Lipinski definition) is 0. The Morgan fingerprint density at radius 3 is 2.77 bits per heavy atom. The van der Waals surface area contributed by atoms with E-state index in [1.165, 1.54) is 11.3 Å². The first-order valence-electron chi connectivity index (χ1n) is 4.00. The van der Waals surface area contributed by atoms with Crippen LogP contribution in [0.2, 0.25) is 0 Å². The molecule has 0 aliphatic rings. The molecule has 0 bridgehead atoms. The van der Waals surface area contributed by atoms with Crippen LogP contribution in [0.4, 0.5) is 4.39 Å². The van der Waals surface area contributed by atoms with Gasteiger partial charge in [0, 0.05) is 10.3 Å². The van der Waals surface area contributed by atoms with Crippen LogP contribution in [-0.2, 0) is 0 Å². The molecule has 0 aliphatic heterocycles. The predicted molar refractivity (Wildman–Crippen MR) is 53.3 cm³/mol. The first kappa shape index (κ1) is 8.45. The lowest BCUT2D eigenvalue weighted by molar-refractivity contribution is 0.619. The molecule has 0 saturated carbocycles. The fourth-order valence-corrected chi connectivity index (χ4v) is 1.79. The molecule has 2 rings (SSSR count). The lowest BCUT2D eigenvalue weighted by Gasteiger charge is -1.99. The third-order valence-electron chi connectivity index (χ3n) is 1.93. The number of rotatable bonds is 1. The van der Waals surface area contributed by atoms with Crippen molar-refractivity contribution in [3.05, 3.63) is 47.1 Å². The van der Waals surface area contributed by atoms with E-state index in [0.29, 0.717) is 5.56 Å². The van der Waals surface area contributed by atoms with Crippen molar-refractivity contribution in [2.24, 2.45) is 0 Å². The van der Waals surface area contributed by atoms with Crippen molar-refractivity contribution in [1.29, 1.82) is 0 Å². The molecule has 0 N–H and O–H groups in total. The van der Waals surface area contributed by atoms with Gasteiger partial charge in [0.1, 0.15) is 5.82 Å². The highest BCUT2D eigenvalue weighted by atomic mass is 32.1. The molecule has 1 radical (unpaired) electrons. The second-order valence-electron chi connectivity index (χ2n) is 2.88. The van der Waals surface area contributed by atoms with Crippen molar-refractivity contribution in [2.45, 2.75) is 6.92 Å². The summed E-state index contributed by atoms with van der Waals surface area (Å²) in [4.78, 5) is 1.05. The lowest BCUT2D eigenvalue weighted by Crippen LogP contribution is -1.81. The highest BCUT2D eigenvalue weighted by Crippen LogP contribution is 2.25. The molecule has 65 valence electrons. The van der Waals surface area contributed by atoms with Gasteiger partial charge in [-0.3, -0.25) is 0 Å². The third kappa shape index (κ3) is 1.63. The molecule has 0 nitrogen and oxygen atoms in total. The van der Waals surface area contributed by atoms with Crippen LogP contribution in [0.15, 0.2) is 30.3 Å². The van der Waals surface area contributed by atoms with E-state index in [0.717, 1.165) is 10.4 Å². The van der Waals surface area contributed by atoms with Crippen molar-refractivity contribution in [3.63, 3.8) is 0 Å². The van der Waals surface area contributed by atoms with E-state index in [1.54, 1.807) is 19.1 Å². The second-order valence-corrected chi connectivity index (χ2v) is 3.76. The first-order valence-corrected chi connectivity index (χ1v) is 4.81. The fourth-order valence-electron chi connectivity index (χ4n) is 1.14. The van der Waals surface area contributed by atoms with Gasteiger partial charge in [0.15, 0.2) is 0 Å². The van der Waals surface area contributed by atoms with Crippen LogP contribution in [0.3, 0.4) is 0 Å². The van der Waals surface area contributed by atoms with Gasteiger partial charge in [-0.25, -0.2) is 4.39 Å².